The fourth-order valence-electron chi connectivity index (χ4n) is 2.58. The topological polar surface area (TPSA) is 44.8 Å². The summed E-state index contributed by atoms with van der Waals surface area (Å²) in [5, 5.41) is 0. The van der Waals surface area contributed by atoms with E-state index in [1.54, 1.807) is 0 Å². The lowest BCUT2D eigenvalue weighted by Crippen LogP contribution is -2.44. The van der Waals surface area contributed by atoms with Crippen LogP contribution in [-0.2, 0) is 19.3 Å². The summed E-state index contributed by atoms with van der Waals surface area (Å²) in [6.45, 7) is 6.38. The fourth-order valence-corrected chi connectivity index (χ4v) is 2.58. The first-order chi connectivity index (χ1) is 9.60. The molecule has 1 saturated heterocycles. The molecule has 1 rings (SSSR count). The molecule has 0 bridgehead atoms. The maximum Gasteiger partial charge on any atom is 0.308 e. The molecule has 0 N–H and O–H groups in total. The van der Waals surface area contributed by atoms with Gasteiger partial charge in [-0.05, 0) is 25.2 Å². The summed E-state index contributed by atoms with van der Waals surface area (Å²) in [6, 6.07) is 0. The van der Waals surface area contributed by atoms with Crippen LogP contribution in [0.2, 0.25) is 0 Å². The molecule has 0 spiro atoms. The Balaban J connectivity index is 2.70. The van der Waals surface area contributed by atoms with E-state index in [1.807, 2.05) is 0 Å². The van der Waals surface area contributed by atoms with Crippen LogP contribution in [0, 0.1) is 5.92 Å². The van der Waals surface area contributed by atoms with Gasteiger partial charge in [0, 0.05) is 0 Å². The van der Waals surface area contributed by atoms with Gasteiger partial charge in [0.25, 0.3) is 0 Å². The SMILES string of the molecule is CCC/C=C/[C@]1(CC)C[C@H](CC)[C@H](CC(=O)OC)OO1. The second kappa shape index (κ2) is 8.42. The Morgan fingerprint density at radius 2 is 2.15 bits per heavy atom. The van der Waals surface area contributed by atoms with Gasteiger partial charge in [0.05, 0.1) is 13.5 Å². The van der Waals surface area contributed by atoms with Crippen molar-refractivity contribution in [3.63, 3.8) is 0 Å². The molecule has 1 fully saturated rings. The molecule has 116 valence electrons. The van der Waals surface area contributed by atoms with Crippen LogP contribution in [0.3, 0.4) is 0 Å². The number of methoxy groups -OCH3 is 1. The average Bonchev–Trinajstić information content (AvgIpc) is 2.48. The Morgan fingerprint density at radius 3 is 2.70 bits per heavy atom. The van der Waals surface area contributed by atoms with Crippen molar-refractivity contribution in [3.05, 3.63) is 12.2 Å². The summed E-state index contributed by atoms with van der Waals surface area (Å²) < 4.78 is 4.72. The molecule has 3 atom stereocenters. The van der Waals surface area contributed by atoms with Gasteiger partial charge in [0.1, 0.15) is 11.7 Å². The third-order valence-corrected chi connectivity index (χ3v) is 4.07. The Morgan fingerprint density at radius 1 is 1.40 bits per heavy atom. The minimum atomic E-state index is -0.345. The van der Waals surface area contributed by atoms with Gasteiger partial charge in [0.15, 0.2) is 0 Å². The summed E-state index contributed by atoms with van der Waals surface area (Å²) in [5.41, 5.74) is -0.345. The highest BCUT2D eigenvalue weighted by Gasteiger charge is 2.41. The Labute approximate surface area is 122 Å². The third kappa shape index (κ3) is 4.60. The van der Waals surface area contributed by atoms with Crippen molar-refractivity contribution in [1.82, 2.24) is 0 Å². The van der Waals surface area contributed by atoms with Crippen LogP contribution in [0.25, 0.3) is 0 Å². The van der Waals surface area contributed by atoms with Gasteiger partial charge in [-0.25, -0.2) is 9.78 Å². The number of carbonyl (C=O) groups is 1. The minimum Gasteiger partial charge on any atom is -0.469 e. The molecule has 0 aliphatic carbocycles. The van der Waals surface area contributed by atoms with E-state index < -0.39 is 0 Å². The Kier molecular flexibility index (Phi) is 7.24. The Bertz CT molecular complexity index is 326. The zero-order valence-corrected chi connectivity index (χ0v) is 13.2. The monoisotopic (exact) mass is 284 g/mol. The van der Waals surface area contributed by atoms with Crippen molar-refractivity contribution < 1.29 is 19.3 Å². The van der Waals surface area contributed by atoms with E-state index in [2.05, 4.69) is 32.9 Å². The molecule has 0 aromatic carbocycles. The van der Waals surface area contributed by atoms with Crippen LogP contribution < -0.4 is 0 Å². The highest BCUT2D eigenvalue weighted by molar-refractivity contribution is 5.69. The zero-order chi connectivity index (χ0) is 15.0. The molecule has 4 heteroatoms. The standard InChI is InChI=1S/C16H28O4/c1-5-8-9-10-16(7-3)12-13(6-2)14(19-20-16)11-15(17)18-4/h9-10,13-14H,5-8,11-12H2,1-4H3/b10-9+/t13-,14-,16+/m0/s1. The lowest BCUT2D eigenvalue weighted by Gasteiger charge is -2.41. The van der Waals surface area contributed by atoms with Crippen molar-refractivity contribution in [2.45, 2.75) is 71.0 Å². The molecular formula is C16H28O4. The molecule has 0 aromatic heterocycles. The minimum absolute atomic E-state index is 0.202. The summed E-state index contributed by atoms with van der Waals surface area (Å²) in [4.78, 5) is 22.6. The lowest BCUT2D eigenvalue weighted by molar-refractivity contribution is -0.409. The van der Waals surface area contributed by atoms with Crippen LogP contribution in [0.5, 0.6) is 0 Å². The fraction of sp³-hybridized carbons (Fsp3) is 0.812. The molecule has 0 unspecified atom stereocenters. The van der Waals surface area contributed by atoms with Crippen LogP contribution in [0.15, 0.2) is 12.2 Å². The van der Waals surface area contributed by atoms with Crippen LogP contribution >= 0.6 is 0 Å². The first kappa shape index (κ1) is 17.2. The molecule has 4 nitrogen and oxygen atoms in total. The first-order valence-electron chi connectivity index (χ1n) is 7.69. The van der Waals surface area contributed by atoms with E-state index in [0.29, 0.717) is 5.92 Å². The molecule has 0 aromatic rings. The van der Waals surface area contributed by atoms with Gasteiger partial charge in [0.2, 0.25) is 0 Å². The maximum absolute atomic E-state index is 11.4. The van der Waals surface area contributed by atoms with Gasteiger partial charge in [-0.2, -0.15) is 0 Å². The second-order valence-electron chi connectivity index (χ2n) is 5.48. The highest BCUT2D eigenvalue weighted by atomic mass is 17.2. The van der Waals surface area contributed by atoms with Gasteiger partial charge < -0.3 is 4.74 Å². The summed E-state index contributed by atoms with van der Waals surface area (Å²) in [5.74, 6) is 0.0663. The molecule has 20 heavy (non-hydrogen) atoms. The molecule has 1 heterocycles. The van der Waals surface area contributed by atoms with Crippen molar-refractivity contribution in [2.75, 3.05) is 7.11 Å². The maximum atomic E-state index is 11.4. The lowest BCUT2D eigenvalue weighted by atomic mass is 9.81. The van der Waals surface area contributed by atoms with Crippen LogP contribution in [0.4, 0.5) is 0 Å². The zero-order valence-electron chi connectivity index (χ0n) is 13.2. The van der Waals surface area contributed by atoms with Gasteiger partial charge in [-0.15, -0.1) is 0 Å². The van der Waals surface area contributed by atoms with Crippen LogP contribution in [-0.4, -0.2) is 24.8 Å². The predicted octanol–water partition coefficient (Wildman–Crippen LogP) is 3.80. The van der Waals surface area contributed by atoms with Crippen molar-refractivity contribution in [2.24, 2.45) is 5.92 Å². The van der Waals surface area contributed by atoms with Gasteiger partial charge in [-0.3, -0.25) is 4.79 Å². The number of esters is 1. The third-order valence-electron chi connectivity index (χ3n) is 4.07. The second-order valence-corrected chi connectivity index (χ2v) is 5.48. The van der Waals surface area contributed by atoms with E-state index in [0.717, 1.165) is 32.1 Å². The number of ether oxygens (including phenoxy) is 1. The average molecular weight is 284 g/mol. The molecular weight excluding hydrogens is 256 g/mol. The molecule has 0 amide bonds. The number of hydrogen-bond donors (Lipinski definition) is 0. The summed E-state index contributed by atoms with van der Waals surface area (Å²) in [6.07, 6.45) is 9.26. The number of carbonyl (C=O) groups excluding carboxylic acids is 1. The van der Waals surface area contributed by atoms with Crippen molar-refractivity contribution in [3.8, 4) is 0 Å². The van der Waals surface area contributed by atoms with E-state index in [9.17, 15) is 4.79 Å². The quantitative estimate of drug-likeness (QED) is 0.405. The summed E-state index contributed by atoms with van der Waals surface area (Å²) >= 11 is 0. The summed E-state index contributed by atoms with van der Waals surface area (Å²) in [7, 11) is 1.40. The molecule has 0 saturated carbocycles. The number of rotatable bonds is 7. The predicted molar refractivity (Wildman–Crippen MR) is 78.1 cm³/mol. The number of hydrogen-bond acceptors (Lipinski definition) is 4. The van der Waals surface area contributed by atoms with E-state index >= 15 is 0 Å². The normalized spacial score (nSPS) is 30.6. The van der Waals surface area contributed by atoms with Gasteiger partial charge >= 0.3 is 5.97 Å². The Hall–Kier alpha value is -0.870. The van der Waals surface area contributed by atoms with Crippen molar-refractivity contribution in [1.29, 1.82) is 0 Å². The molecule has 0 radical (unpaired) electrons. The van der Waals surface area contributed by atoms with E-state index in [4.69, 9.17) is 14.5 Å². The number of unbranched alkanes of at least 4 members (excludes halogenated alkanes) is 1. The first-order valence-corrected chi connectivity index (χ1v) is 7.69. The largest absolute Gasteiger partial charge is 0.469 e. The van der Waals surface area contributed by atoms with Crippen molar-refractivity contribution >= 4 is 5.97 Å². The smallest absolute Gasteiger partial charge is 0.308 e. The van der Waals surface area contributed by atoms with E-state index in [-0.39, 0.29) is 24.1 Å². The highest BCUT2D eigenvalue weighted by Crippen LogP contribution is 2.37. The molecule has 1 aliphatic heterocycles. The van der Waals surface area contributed by atoms with Crippen LogP contribution in [0.1, 0.15) is 59.3 Å². The van der Waals surface area contributed by atoms with E-state index in [1.165, 1.54) is 7.11 Å². The van der Waals surface area contributed by atoms with Gasteiger partial charge in [-0.1, -0.05) is 45.8 Å². The molecule has 1 aliphatic rings. The number of allylic oxidation sites excluding steroid dienone is 1.